The third-order valence-electron chi connectivity index (χ3n) is 7.29. The zero-order valence-electron chi connectivity index (χ0n) is 21.3. The average Bonchev–Trinajstić information content (AvgIpc) is 3.28. The number of hydrogen-bond acceptors (Lipinski definition) is 6. The summed E-state index contributed by atoms with van der Waals surface area (Å²) in [6.45, 7) is 3.69. The molecule has 1 aliphatic carbocycles. The molecule has 2 aromatic heterocycles. The number of benzene rings is 1. The van der Waals surface area contributed by atoms with Gasteiger partial charge in [-0.1, -0.05) is 13.3 Å². The van der Waals surface area contributed by atoms with Crippen LogP contribution in [0.25, 0.3) is 11.0 Å². The molecule has 9 nitrogen and oxygen atoms in total. The number of imidazole rings is 1. The van der Waals surface area contributed by atoms with Crippen molar-refractivity contribution in [2.24, 2.45) is 16.3 Å². The highest BCUT2D eigenvalue weighted by atomic mass is 16.4. The quantitative estimate of drug-likeness (QED) is 0.395. The van der Waals surface area contributed by atoms with E-state index in [9.17, 15) is 15.2 Å². The van der Waals surface area contributed by atoms with Gasteiger partial charge in [0.25, 0.3) is 0 Å². The molecule has 3 unspecified atom stereocenters. The summed E-state index contributed by atoms with van der Waals surface area (Å²) in [6, 6.07) is 11.4. The third kappa shape index (κ3) is 6.20. The van der Waals surface area contributed by atoms with E-state index in [0.717, 1.165) is 48.8 Å². The van der Waals surface area contributed by atoms with E-state index < -0.39 is 6.09 Å². The van der Waals surface area contributed by atoms with Crippen LogP contribution in [0.3, 0.4) is 0 Å². The summed E-state index contributed by atoms with van der Waals surface area (Å²) >= 11 is 0. The van der Waals surface area contributed by atoms with Crippen molar-refractivity contribution in [3.8, 4) is 6.07 Å². The van der Waals surface area contributed by atoms with E-state index in [-0.39, 0.29) is 23.8 Å². The van der Waals surface area contributed by atoms with Crippen molar-refractivity contribution in [1.29, 1.82) is 10.7 Å². The molecule has 1 aliphatic rings. The molecule has 0 saturated heterocycles. The van der Waals surface area contributed by atoms with Crippen molar-refractivity contribution in [1.82, 2.24) is 19.4 Å². The third-order valence-corrected chi connectivity index (χ3v) is 7.29. The van der Waals surface area contributed by atoms with Crippen LogP contribution in [0.5, 0.6) is 0 Å². The number of nitrogens with zero attached hydrogens (tertiary/aromatic N) is 6. The summed E-state index contributed by atoms with van der Waals surface area (Å²) < 4.78 is 2.13. The predicted octanol–water partition coefficient (Wildman–Crippen LogP) is 5.11. The summed E-state index contributed by atoms with van der Waals surface area (Å²) in [5.74, 6) is -0.0170. The molecule has 1 saturated carbocycles. The minimum absolute atomic E-state index is 0.00178. The number of nitrogens with one attached hydrogen (secondary N) is 1. The van der Waals surface area contributed by atoms with Crippen LogP contribution in [0.2, 0.25) is 0 Å². The summed E-state index contributed by atoms with van der Waals surface area (Å²) in [5, 5.41) is 26.9. The molecule has 0 spiro atoms. The topological polar surface area (TPSA) is 131 Å². The van der Waals surface area contributed by atoms with Crippen LogP contribution in [0.4, 0.5) is 4.79 Å². The van der Waals surface area contributed by atoms with E-state index in [1.165, 1.54) is 11.1 Å². The molecule has 2 N–H and O–H groups in total. The maximum atomic E-state index is 12.2. The zero-order valence-corrected chi connectivity index (χ0v) is 21.3. The van der Waals surface area contributed by atoms with Crippen LogP contribution < -0.4 is 0 Å². The number of nitriles is 1. The van der Waals surface area contributed by atoms with Crippen molar-refractivity contribution in [2.75, 3.05) is 13.6 Å². The second-order valence-corrected chi connectivity index (χ2v) is 10.3. The molecule has 3 aromatic rings. The van der Waals surface area contributed by atoms with Crippen LogP contribution in [0.15, 0.2) is 47.8 Å². The summed E-state index contributed by atoms with van der Waals surface area (Å²) in [5.41, 5.74) is 3.97. The second kappa shape index (κ2) is 11.3. The fourth-order valence-electron chi connectivity index (χ4n) is 5.58. The minimum atomic E-state index is -0.956. The number of fused-ring (bicyclic) bond motifs is 1. The fourth-order valence-corrected chi connectivity index (χ4v) is 5.58. The molecule has 37 heavy (non-hydrogen) atoms. The van der Waals surface area contributed by atoms with Gasteiger partial charge in [-0.3, -0.25) is 9.98 Å². The van der Waals surface area contributed by atoms with Gasteiger partial charge in [-0.15, -0.1) is 0 Å². The van der Waals surface area contributed by atoms with Crippen LogP contribution >= 0.6 is 0 Å². The first-order valence-corrected chi connectivity index (χ1v) is 12.5. The second-order valence-electron chi connectivity index (χ2n) is 10.3. The van der Waals surface area contributed by atoms with Crippen LogP contribution in [-0.4, -0.2) is 56.7 Å². The predicted molar refractivity (Wildman–Crippen MR) is 143 cm³/mol. The highest BCUT2D eigenvalue weighted by molar-refractivity contribution is 5.88. The largest absolute Gasteiger partial charge is 0.465 e. The van der Waals surface area contributed by atoms with E-state index in [0.29, 0.717) is 17.8 Å². The van der Waals surface area contributed by atoms with Gasteiger partial charge in [0.15, 0.2) is 0 Å². The van der Waals surface area contributed by atoms with Gasteiger partial charge in [0.2, 0.25) is 0 Å². The van der Waals surface area contributed by atoms with Crippen molar-refractivity contribution in [3.05, 3.63) is 59.7 Å². The van der Waals surface area contributed by atoms with Crippen molar-refractivity contribution in [2.45, 2.75) is 51.6 Å². The highest BCUT2D eigenvalue weighted by Gasteiger charge is 2.34. The maximum Gasteiger partial charge on any atom is 0.407 e. The summed E-state index contributed by atoms with van der Waals surface area (Å²) in [4.78, 5) is 26.6. The van der Waals surface area contributed by atoms with Gasteiger partial charge in [0, 0.05) is 38.8 Å². The molecular weight excluding hydrogens is 466 g/mol. The lowest BCUT2D eigenvalue weighted by atomic mass is 9.70. The number of carboxylic acid groups (broad SMARTS) is 1. The lowest BCUT2D eigenvalue weighted by Gasteiger charge is -2.40. The molecule has 192 valence electrons. The first kappa shape index (κ1) is 26.0. The summed E-state index contributed by atoms with van der Waals surface area (Å²) in [6.07, 6.45) is 9.54. The number of hydrogen-bond donors (Lipinski definition) is 2. The Hall–Kier alpha value is -4.06. The fraction of sp³-hybridized carbons (Fsp3) is 0.429. The standard InChI is InChI=1S/C28H33N7O2/c1-28(18-35-19-33-25-6-5-20(13-29)10-26(25)35)8-3-4-21(12-28)16-34(27(36)37)17-24-11-22(7-9-32-24)23(14-30)15-31-2/h5-7,9-11,14-15,19,21,23,30H,3-4,8,12,16-18H2,1-2H3,(H,36,37). The van der Waals surface area contributed by atoms with Gasteiger partial charge in [0.1, 0.15) is 0 Å². The number of rotatable bonds is 9. The monoisotopic (exact) mass is 499 g/mol. The van der Waals surface area contributed by atoms with E-state index in [1.807, 2.05) is 30.6 Å². The average molecular weight is 500 g/mol. The Kier molecular flexibility index (Phi) is 7.97. The Labute approximate surface area is 217 Å². The van der Waals surface area contributed by atoms with E-state index in [4.69, 9.17) is 5.41 Å². The Morgan fingerprint density at radius 3 is 2.97 bits per heavy atom. The molecule has 9 heteroatoms. The minimum Gasteiger partial charge on any atom is -0.465 e. The maximum absolute atomic E-state index is 12.2. The number of aromatic nitrogens is 3. The van der Waals surface area contributed by atoms with Crippen molar-refractivity contribution < 1.29 is 9.90 Å². The van der Waals surface area contributed by atoms with Crippen LogP contribution in [0.1, 0.15) is 55.3 Å². The van der Waals surface area contributed by atoms with E-state index in [2.05, 4.69) is 32.5 Å². The highest BCUT2D eigenvalue weighted by Crippen LogP contribution is 2.41. The van der Waals surface area contributed by atoms with E-state index in [1.54, 1.807) is 25.5 Å². The molecule has 0 aliphatic heterocycles. The van der Waals surface area contributed by atoms with Crippen LogP contribution in [0, 0.1) is 28.1 Å². The summed E-state index contributed by atoms with van der Waals surface area (Å²) in [7, 11) is 1.67. The molecule has 0 bridgehead atoms. The van der Waals surface area contributed by atoms with Gasteiger partial charge in [-0.2, -0.15) is 5.26 Å². The van der Waals surface area contributed by atoms with Gasteiger partial charge in [-0.25, -0.2) is 9.78 Å². The Bertz CT molecular complexity index is 1340. The molecule has 0 radical (unpaired) electrons. The van der Waals surface area contributed by atoms with Gasteiger partial charge in [0.05, 0.1) is 47.1 Å². The Morgan fingerprint density at radius 2 is 2.24 bits per heavy atom. The molecule has 3 atom stereocenters. The molecule has 1 fully saturated rings. The lowest BCUT2D eigenvalue weighted by molar-refractivity contribution is 0.0922. The first-order chi connectivity index (χ1) is 17.8. The number of carbonyl (C=O) groups is 1. The molecular formula is C28H33N7O2. The van der Waals surface area contributed by atoms with E-state index >= 15 is 0 Å². The first-order valence-electron chi connectivity index (χ1n) is 12.5. The lowest BCUT2D eigenvalue weighted by Crippen LogP contribution is -2.38. The number of aliphatic imine (C=N–C) groups is 1. The molecule has 2 heterocycles. The smallest absolute Gasteiger partial charge is 0.407 e. The molecule has 1 aromatic carbocycles. The molecule has 4 rings (SSSR count). The van der Waals surface area contributed by atoms with Gasteiger partial charge < -0.3 is 20.0 Å². The number of pyridine rings is 1. The Balaban J connectivity index is 1.46. The Morgan fingerprint density at radius 1 is 1.41 bits per heavy atom. The number of amides is 1. The SMILES string of the molecule is CN=CC(C=N)c1ccnc(CN(CC2CCCC(C)(Cn3cnc4ccc(C#N)cc43)C2)C(=O)O)c1. The normalized spacial score (nSPS) is 20.5. The van der Waals surface area contributed by atoms with Crippen molar-refractivity contribution >= 4 is 29.6 Å². The van der Waals surface area contributed by atoms with Gasteiger partial charge >= 0.3 is 6.09 Å². The van der Waals surface area contributed by atoms with Gasteiger partial charge in [-0.05, 0) is 66.5 Å². The molecule has 1 amide bonds. The zero-order chi connectivity index (χ0) is 26.4. The van der Waals surface area contributed by atoms with Crippen LogP contribution in [-0.2, 0) is 13.1 Å². The van der Waals surface area contributed by atoms with Crippen molar-refractivity contribution in [3.63, 3.8) is 0 Å².